The van der Waals surface area contributed by atoms with Crippen LogP contribution in [-0.2, 0) is 14.4 Å². The summed E-state index contributed by atoms with van der Waals surface area (Å²) in [7, 11) is 0. The van der Waals surface area contributed by atoms with Crippen molar-refractivity contribution in [2.75, 3.05) is 0 Å². The molecular weight excluding hydrogens is 383 g/mol. The summed E-state index contributed by atoms with van der Waals surface area (Å²) in [5.74, 6) is -3.92. The maximum absolute atomic E-state index is 13.8. The molecule has 1 aromatic rings. The third-order valence-electron chi connectivity index (χ3n) is 4.44. The van der Waals surface area contributed by atoms with Gasteiger partial charge in [-0.15, -0.1) is 0 Å². The number of ether oxygens (including phenoxy) is 1. The van der Waals surface area contributed by atoms with Crippen LogP contribution in [0, 0.1) is 5.92 Å². The first-order valence-electron chi connectivity index (χ1n) is 9.10. The summed E-state index contributed by atoms with van der Waals surface area (Å²) in [6.45, 7) is 5.01. The normalized spacial score (nSPS) is 21.4. The number of halogens is 1. The largest absolute Gasteiger partial charge is 0.444 e. The Morgan fingerprint density at radius 1 is 1.14 bits per heavy atom. The number of nitrogens with zero attached hydrogens (tertiary/aromatic N) is 1. The minimum atomic E-state index is -0.994. The van der Waals surface area contributed by atoms with Crippen LogP contribution >= 0.6 is 0 Å². The quantitative estimate of drug-likeness (QED) is 0.778. The maximum Gasteiger partial charge on any atom is 0.407 e. The predicted octanol–water partition coefficient (Wildman–Crippen LogP) is 2.90. The standard InChI is InChI=1S/C20H21FN2O6/c1-20(2,3)28-19(27)22-15-10-11(21)8-9-14(15)18(26)29-23-16(24)12-6-4-5-7-13(12)17(23)25/h4-8,14-15H,9-10H2,1-3H3,(H,22,27)/t14-,15+/m1/s1. The lowest BCUT2D eigenvalue weighted by atomic mass is 9.88. The van der Waals surface area contributed by atoms with Gasteiger partial charge in [0, 0.05) is 6.42 Å². The second kappa shape index (κ2) is 7.65. The first kappa shape index (κ1) is 20.5. The highest BCUT2D eigenvalue weighted by atomic mass is 19.1. The molecule has 29 heavy (non-hydrogen) atoms. The van der Waals surface area contributed by atoms with E-state index in [0.717, 1.165) is 0 Å². The predicted molar refractivity (Wildman–Crippen MR) is 98.1 cm³/mol. The molecule has 3 rings (SSSR count). The third-order valence-corrected chi connectivity index (χ3v) is 4.44. The highest BCUT2D eigenvalue weighted by Crippen LogP contribution is 2.29. The van der Waals surface area contributed by atoms with E-state index in [2.05, 4.69) is 5.32 Å². The van der Waals surface area contributed by atoms with E-state index in [0.29, 0.717) is 5.06 Å². The van der Waals surface area contributed by atoms with Crippen molar-refractivity contribution in [3.8, 4) is 0 Å². The number of fused-ring (bicyclic) bond motifs is 1. The number of hydrogen-bond donors (Lipinski definition) is 1. The number of alkyl carbamates (subject to hydrolysis) is 1. The molecule has 1 heterocycles. The van der Waals surface area contributed by atoms with E-state index in [4.69, 9.17) is 9.57 Å². The number of rotatable bonds is 3. The van der Waals surface area contributed by atoms with Crippen molar-refractivity contribution in [1.29, 1.82) is 0 Å². The van der Waals surface area contributed by atoms with E-state index in [1.807, 2.05) is 0 Å². The molecule has 2 aliphatic rings. The Kier molecular flexibility index (Phi) is 5.41. The van der Waals surface area contributed by atoms with E-state index >= 15 is 0 Å². The van der Waals surface area contributed by atoms with E-state index in [-0.39, 0.29) is 24.0 Å². The molecule has 1 N–H and O–H groups in total. The second-order valence-electron chi connectivity index (χ2n) is 7.81. The van der Waals surface area contributed by atoms with Crippen LogP contribution in [0.15, 0.2) is 36.2 Å². The number of benzene rings is 1. The van der Waals surface area contributed by atoms with Crippen molar-refractivity contribution in [3.05, 3.63) is 47.3 Å². The highest BCUT2D eigenvalue weighted by molar-refractivity contribution is 6.20. The number of hydroxylamine groups is 2. The molecule has 1 aliphatic carbocycles. The fraction of sp³-hybridized carbons (Fsp3) is 0.400. The molecule has 0 fully saturated rings. The molecule has 9 heteroatoms. The van der Waals surface area contributed by atoms with Crippen LogP contribution in [0.4, 0.5) is 9.18 Å². The van der Waals surface area contributed by atoms with E-state index in [9.17, 15) is 23.6 Å². The Morgan fingerprint density at radius 2 is 1.72 bits per heavy atom. The first-order chi connectivity index (χ1) is 13.6. The van der Waals surface area contributed by atoms with Crippen LogP contribution < -0.4 is 5.32 Å². The van der Waals surface area contributed by atoms with Crippen LogP contribution in [0.5, 0.6) is 0 Å². The lowest BCUT2D eigenvalue weighted by molar-refractivity contribution is -0.174. The topological polar surface area (TPSA) is 102 Å². The zero-order valence-corrected chi connectivity index (χ0v) is 16.2. The maximum atomic E-state index is 13.8. The van der Waals surface area contributed by atoms with Gasteiger partial charge < -0.3 is 14.9 Å². The van der Waals surface area contributed by atoms with Crippen molar-refractivity contribution in [3.63, 3.8) is 0 Å². The highest BCUT2D eigenvalue weighted by Gasteiger charge is 2.42. The van der Waals surface area contributed by atoms with Gasteiger partial charge >= 0.3 is 12.1 Å². The van der Waals surface area contributed by atoms with Gasteiger partial charge in [0.25, 0.3) is 11.8 Å². The van der Waals surface area contributed by atoms with Crippen LogP contribution in [0.1, 0.15) is 54.3 Å². The summed E-state index contributed by atoms with van der Waals surface area (Å²) in [4.78, 5) is 54.5. The van der Waals surface area contributed by atoms with E-state index < -0.39 is 47.3 Å². The Morgan fingerprint density at radius 3 is 2.28 bits per heavy atom. The van der Waals surface area contributed by atoms with Crippen LogP contribution in [0.25, 0.3) is 0 Å². The summed E-state index contributed by atoms with van der Waals surface area (Å²) in [6.07, 6.45) is 0.104. The summed E-state index contributed by atoms with van der Waals surface area (Å²) in [5.41, 5.74) is -0.518. The van der Waals surface area contributed by atoms with Crippen molar-refractivity contribution >= 4 is 23.9 Å². The molecule has 1 aliphatic heterocycles. The van der Waals surface area contributed by atoms with Crippen molar-refractivity contribution in [2.45, 2.75) is 45.3 Å². The van der Waals surface area contributed by atoms with E-state index in [1.165, 1.54) is 18.2 Å². The minimum absolute atomic E-state index is 0.0612. The Balaban J connectivity index is 1.72. The fourth-order valence-electron chi connectivity index (χ4n) is 3.13. The number of allylic oxidation sites excluding steroid dienone is 1. The summed E-state index contributed by atoms with van der Waals surface area (Å²) >= 11 is 0. The molecule has 0 unspecified atom stereocenters. The molecule has 0 bridgehead atoms. The average Bonchev–Trinajstić information content (AvgIpc) is 2.85. The first-order valence-corrected chi connectivity index (χ1v) is 9.10. The Hall–Kier alpha value is -3.23. The average molecular weight is 404 g/mol. The molecule has 154 valence electrons. The lowest BCUT2D eigenvalue weighted by Crippen LogP contribution is -2.48. The Labute approximate surface area is 166 Å². The number of hydrogen-bond acceptors (Lipinski definition) is 6. The van der Waals surface area contributed by atoms with Gasteiger partial charge in [-0.1, -0.05) is 23.3 Å². The molecule has 0 spiro atoms. The van der Waals surface area contributed by atoms with Gasteiger partial charge in [0.2, 0.25) is 0 Å². The number of amides is 3. The SMILES string of the molecule is CC(C)(C)OC(=O)N[C@H]1CC(F)=CC[C@H]1C(=O)ON1C(=O)c2ccccc2C1=O. The van der Waals surface area contributed by atoms with Gasteiger partial charge in [-0.3, -0.25) is 9.59 Å². The third kappa shape index (κ3) is 4.44. The van der Waals surface area contributed by atoms with Crippen molar-refractivity contribution < 1.29 is 33.1 Å². The smallest absolute Gasteiger partial charge is 0.407 e. The van der Waals surface area contributed by atoms with Crippen molar-refractivity contribution in [1.82, 2.24) is 10.4 Å². The zero-order valence-electron chi connectivity index (χ0n) is 16.2. The molecule has 0 saturated heterocycles. The zero-order chi connectivity index (χ0) is 21.3. The molecule has 0 radical (unpaired) electrons. The van der Waals surface area contributed by atoms with Crippen LogP contribution in [0.3, 0.4) is 0 Å². The molecule has 3 amide bonds. The van der Waals surface area contributed by atoms with Gasteiger partial charge in [-0.25, -0.2) is 14.0 Å². The number of nitrogens with one attached hydrogen (secondary N) is 1. The monoisotopic (exact) mass is 404 g/mol. The van der Waals surface area contributed by atoms with Gasteiger partial charge in [0.05, 0.1) is 28.9 Å². The molecular formula is C20H21FN2O6. The number of carbonyl (C=O) groups is 4. The lowest BCUT2D eigenvalue weighted by Gasteiger charge is -2.30. The van der Waals surface area contributed by atoms with Crippen molar-refractivity contribution in [2.24, 2.45) is 5.92 Å². The molecule has 2 atom stereocenters. The van der Waals surface area contributed by atoms with Crippen LogP contribution in [0.2, 0.25) is 0 Å². The minimum Gasteiger partial charge on any atom is -0.444 e. The molecule has 8 nitrogen and oxygen atoms in total. The Bertz CT molecular complexity index is 869. The molecule has 0 saturated carbocycles. The van der Waals surface area contributed by atoms with Gasteiger partial charge in [0.15, 0.2) is 0 Å². The number of imide groups is 1. The number of carbonyl (C=O) groups excluding carboxylic acids is 4. The summed E-state index contributed by atoms with van der Waals surface area (Å²) in [5, 5.41) is 2.87. The summed E-state index contributed by atoms with van der Waals surface area (Å²) in [6, 6.07) is 5.14. The summed E-state index contributed by atoms with van der Waals surface area (Å²) < 4.78 is 18.9. The van der Waals surface area contributed by atoms with Crippen LogP contribution in [-0.4, -0.2) is 40.6 Å². The van der Waals surface area contributed by atoms with E-state index in [1.54, 1.807) is 32.9 Å². The van der Waals surface area contributed by atoms with Gasteiger partial charge in [-0.2, -0.15) is 0 Å². The van der Waals surface area contributed by atoms with Gasteiger partial charge in [0.1, 0.15) is 5.60 Å². The molecule has 0 aromatic heterocycles. The second-order valence-corrected chi connectivity index (χ2v) is 7.81. The fourth-order valence-corrected chi connectivity index (χ4v) is 3.13. The van der Waals surface area contributed by atoms with Gasteiger partial charge in [-0.05, 0) is 39.3 Å². The molecule has 1 aromatic carbocycles.